The Hall–Kier alpha value is -1.98. The van der Waals surface area contributed by atoms with Crippen LogP contribution < -0.4 is 11.5 Å². The zero-order chi connectivity index (χ0) is 14.0. The number of allylic oxidation sites excluding steroid dienone is 2. The maximum Gasteiger partial charge on any atom is 0.353 e. The molecule has 0 heterocycles. The van der Waals surface area contributed by atoms with Gasteiger partial charge in [0, 0.05) is 0 Å². The molecule has 0 radical (unpaired) electrons. The van der Waals surface area contributed by atoms with E-state index in [0.29, 0.717) is 12.8 Å². The predicted octanol–water partition coefficient (Wildman–Crippen LogP) is 0.578. The van der Waals surface area contributed by atoms with Crippen LogP contribution in [0, 0.1) is 0 Å². The van der Waals surface area contributed by atoms with E-state index in [1.807, 2.05) is 0 Å². The van der Waals surface area contributed by atoms with Gasteiger partial charge in [0.15, 0.2) is 0 Å². The molecule has 6 nitrogen and oxygen atoms in total. The number of carbonyl (C=O) groups is 2. The van der Waals surface area contributed by atoms with E-state index in [9.17, 15) is 9.59 Å². The second-order valence-corrected chi connectivity index (χ2v) is 3.47. The van der Waals surface area contributed by atoms with Crippen molar-refractivity contribution >= 4 is 11.9 Å². The molecule has 102 valence electrons. The van der Waals surface area contributed by atoms with E-state index in [1.165, 1.54) is 12.2 Å². The van der Waals surface area contributed by atoms with Gasteiger partial charge in [-0.1, -0.05) is 12.2 Å². The lowest BCUT2D eigenvalue weighted by atomic mass is 10.3. The first-order valence-electron chi connectivity index (χ1n) is 5.70. The molecular weight excluding hydrogens is 236 g/mol. The first kappa shape index (κ1) is 16.0. The number of esters is 2. The maximum atomic E-state index is 11.1. The van der Waals surface area contributed by atoms with Crippen molar-refractivity contribution in [1.82, 2.24) is 0 Å². The van der Waals surface area contributed by atoms with Crippen LogP contribution in [-0.4, -0.2) is 25.2 Å². The van der Waals surface area contributed by atoms with Crippen molar-refractivity contribution in [3.8, 4) is 0 Å². The molecule has 4 N–H and O–H groups in total. The van der Waals surface area contributed by atoms with Crippen LogP contribution in [0.2, 0.25) is 0 Å². The van der Waals surface area contributed by atoms with Crippen molar-refractivity contribution < 1.29 is 19.1 Å². The summed E-state index contributed by atoms with van der Waals surface area (Å²) < 4.78 is 9.72. The van der Waals surface area contributed by atoms with Crippen molar-refractivity contribution in [1.29, 1.82) is 0 Å². The van der Waals surface area contributed by atoms with Crippen LogP contribution in [0.3, 0.4) is 0 Å². The number of hydrogen-bond acceptors (Lipinski definition) is 6. The van der Waals surface area contributed by atoms with Crippen LogP contribution in [0.1, 0.15) is 26.7 Å². The highest BCUT2D eigenvalue weighted by molar-refractivity contribution is 5.87. The van der Waals surface area contributed by atoms with Gasteiger partial charge in [-0.25, -0.2) is 9.59 Å². The standard InChI is InChI=1S/C12H20N2O4/c1-3-9(13)11(15)17-7-5-6-8-18-12(16)10(14)4-2/h3-4H,5-8,13-14H2,1-2H3/b9-3-,10-4-. The van der Waals surface area contributed by atoms with Gasteiger partial charge in [-0.2, -0.15) is 0 Å². The molecule has 0 unspecified atom stereocenters. The third-order valence-corrected chi connectivity index (χ3v) is 2.10. The number of ether oxygens (including phenoxy) is 2. The molecule has 0 aromatic carbocycles. The van der Waals surface area contributed by atoms with E-state index < -0.39 is 11.9 Å². The molecular formula is C12H20N2O4. The lowest BCUT2D eigenvalue weighted by molar-refractivity contribution is -0.141. The Kier molecular flexibility index (Phi) is 8.09. The Morgan fingerprint density at radius 1 is 0.889 bits per heavy atom. The Morgan fingerprint density at radius 3 is 1.50 bits per heavy atom. The number of nitrogens with two attached hydrogens (primary N) is 2. The first-order valence-corrected chi connectivity index (χ1v) is 5.70. The zero-order valence-corrected chi connectivity index (χ0v) is 10.8. The molecule has 0 amide bonds. The lowest BCUT2D eigenvalue weighted by Gasteiger charge is -2.06. The molecule has 0 atom stereocenters. The summed E-state index contributed by atoms with van der Waals surface area (Å²) in [5.41, 5.74) is 10.9. The minimum Gasteiger partial charge on any atom is -0.461 e. The minimum atomic E-state index is -0.535. The van der Waals surface area contributed by atoms with Crippen molar-refractivity contribution in [3.05, 3.63) is 23.5 Å². The molecule has 0 aromatic heterocycles. The van der Waals surface area contributed by atoms with E-state index in [-0.39, 0.29) is 24.6 Å². The smallest absolute Gasteiger partial charge is 0.353 e. The van der Waals surface area contributed by atoms with Gasteiger partial charge in [-0.05, 0) is 26.7 Å². The molecule has 0 saturated carbocycles. The van der Waals surface area contributed by atoms with Crippen molar-refractivity contribution in [2.24, 2.45) is 11.5 Å². The molecule has 6 heteroatoms. The molecule has 0 fully saturated rings. The Morgan fingerprint density at radius 2 is 1.22 bits per heavy atom. The molecule has 0 aliphatic carbocycles. The van der Waals surface area contributed by atoms with Crippen LogP contribution in [0.5, 0.6) is 0 Å². The number of unbranched alkanes of at least 4 members (excludes halogenated alkanes) is 1. The Bertz CT molecular complexity index is 314. The topological polar surface area (TPSA) is 105 Å². The average molecular weight is 256 g/mol. The summed E-state index contributed by atoms with van der Waals surface area (Å²) in [5.74, 6) is -1.07. The van der Waals surface area contributed by atoms with Gasteiger partial charge >= 0.3 is 11.9 Å². The van der Waals surface area contributed by atoms with Gasteiger partial charge in [0.1, 0.15) is 11.4 Å². The van der Waals surface area contributed by atoms with Gasteiger partial charge in [-0.3, -0.25) is 0 Å². The lowest BCUT2D eigenvalue weighted by Crippen LogP contribution is -2.16. The largest absolute Gasteiger partial charge is 0.461 e. The second-order valence-electron chi connectivity index (χ2n) is 3.47. The second kappa shape index (κ2) is 9.09. The highest BCUT2D eigenvalue weighted by Crippen LogP contribution is 1.97. The Labute approximate surface area is 107 Å². The SMILES string of the molecule is C/C=C(\N)C(=O)OCCCCOC(=O)/C(N)=C/C. The predicted molar refractivity (Wildman–Crippen MR) is 67.0 cm³/mol. The van der Waals surface area contributed by atoms with E-state index in [2.05, 4.69) is 0 Å². The van der Waals surface area contributed by atoms with Crippen LogP contribution in [-0.2, 0) is 19.1 Å². The number of carbonyl (C=O) groups excluding carboxylic acids is 2. The summed E-state index contributed by atoms with van der Waals surface area (Å²) in [6, 6.07) is 0. The van der Waals surface area contributed by atoms with Crippen LogP contribution >= 0.6 is 0 Å². The molecule has 0 spiro atoms. The van der Waals surface area contributed by atoms with Gasteiger partial charge in [-0.15, -0.1) is 0 Å². The van der Waals surface area contributed by atoms with Gasteiger partial charge in [0.05, 0.1) is 13.2 Å². The van der Waals surface area contributed by atoms with Crippen LogP contribution in [0.4, 0.5) is 0 Å². The summed E-state index contributed by atoms with van der Waals surface area (Å²) in [7, 11) is 0. The third kappa shape index (κ3) is 6.57. The fourth-order valence-corrected chi connectivity index (χ4v) is 0.936. The zero-order valence-electron chi connectivity index (χ0n) is 10.8. The molecule has 0 rings (SSSR count). The summed E-state index contributed by atoms with van der Waals surface area (Å²) >= 11 is 0. The summed E-state index contributed by atoms with van der Waals surface area (Å²) in [6.07, 6.45) is 4.13. The first-order chi connectivity index (χ1) is 8.52. The fourth-order valence-electron chi connectivity index (χ4n) is 0.936. The van der Waals surface area contributed by atoms with E-state index in [0.717, 1.165) is 0 Å². The molecule has 0 aliphatic rings. The monoisotopic (exact) mass is 256 g/mol. The fraction of sp³-hybridized carbons (Fsp3) is 0.500. The van der Waals surface area contributed by atoms with Gasteiger partial charge in [0.25, 0.3) is 0 Å². The van der Waals surface area contributed by atoms with E-state index in [4.69, 9.17) is 20.9 Å². The summed E-state index contributed by atoms with van der Waals surface area (Å²) in [6.45, 7) is 3.79. The number of rotatable bonds is 7. The third-order valence-electron chi connectivity index (χ3n) is 2.10. The molecule has 0 bridgehead atoms. The minimum absolute atomic E-state index is 0.0854. The summed E-state index contributed by atoms with van der Waals surface area (Å²) in [4.78, 5) is 22.2. The molecule has 0 aromatic rings. The van der Waals surface area contributed by atoms with Gasteiger partial charge < -0.3 is 20.9 Å². The Balaban J connectivity index is 3.59. The summed E-state index contributed by atoms with van der Waals surface area (Å²) in [5, 5.41) is 0. The van der Waals surface area contributed by atoms with Crippen LogP contribution in [0.25, 0.3) is 0 Å². The van der Waals surface area contributed by atoms with E-state index in [1.54, 1.807) is 13.8 Å². The molecule has 18 heavy (non-hydrogen) atoms. The average Bonchev–Trinajstić information content (AvgIpc) is 2.39. The molecule has 0 aliphatic heterocycles. The normalized spacial score (nSPS) is 12.1. The quantitative estimate of drug-likeness (QED) is 0.392. The van der Waals surface area contributed by atoms with Crippen molar-refractivity contribution in [3.63, 3.8) is 0 Å². The number of hydrogen-bond donors (Lipinski definition) is 2. The van der Waals surface area contributed by atoms with Gasteiger partial charge in [0.2, 0.25) is 0 Å². The van der Waals surface area contributed by atoms with Crippen molar-refractivity contribution in [2.45, 2.75) is 26.7 Å². The van der Waals surface area contributed by atoms with Crippen molar-refractivity contribution in [2.75, 3.05) is 13.2 Å². The van der Waals surface area contributed by atoms with E-state index >= 15 is 0 Å². The van der Waals surface area contributed by atoms with Crippen LogP contribution in [0.15, 0.2) is 23.5 Å². The molecule has 0 saturated heterocycles. The maximum absolute atomic E-state index is 11.1. The highest BCUT2D eigenvalue weighted by atomic mass is 16.5. The highest BCUT2D eigenvalue weighted by Gasteiger charge is 2.06.